The molecule has 2 aliphatic carbocycles. The maximum atomic E-state index is 5.55. The fourth-order valence-electron chi connectivity index (χ4n) is 5.55. The molecule has 0 saturated heterocycles. The zero-order valence-electron chi connectivity index (χ0n) is 20.7. The van der Waals surface area contributed by atoms with Crippen LogP contribution in [0.4, 0.5) is 11.8 Å². The molecule has 1 fully saturated rings. The van der Waals surface area contributed by atoms with Gasteiger partial charge >= 0.3 is 0 Å². The Labute approximate surface area is 203 Å². The van der Waals surface area contributed by atoms with Gasteiger partial charge in [-0.25, -0.2) is 4.98 Å². The van der Waals surface area contributed by atoms with E-state index in [0.29, 0.717) is 12.1 Å². The summed E-state index contributed by atoms with van der Waals surface area (Å²) in [5.74, 6) is 2.84. The van der Waals surface area contributed by atoms with E-state index in [0.717, 1.165) is 62.6 Å². The van der Waals surface area contributed by atoms with E-state index in [4.69, 9.17) is 14.7 Å². The largest absolute Gasteiger partial charge is 0.496 e. The summed E-state index contributed by atoms with van der Waals surface area (Å²) in [6.45, 7) is 0.882. The van der Waals surface area contributed by atoms with Crippen molar-refractivity contribution in [3.05, 3.63) is 53.2 Å². The Morgan fingerprint density at radius 3 is 2.41 bits per heavy atom. The van der Waals surface area contributed by atoms with E-state index in [1.807, 2.05) is 0 Å². The van der Waals surface area contributed by atoms with Crippen molar-refractivity contribution < 1.29 is 4.74 Å². The molecule has 2 aliphatic rings. The Kier molecular flexibility index (Phi) is 6.86. The van der Waals surface area contributed by atoms with E-state index in [-0.39, 0.29) is 0 Å². The van der Waals surface area contributed by atoms with Crippen LogP contribution < -0.4 is 20.3 Å². The summed E-state index contributed by atoms with van der Waals surface area (Å²) in [6, 6.07) is 13.8. The number of aryl methyl sites for hydroxylation is 1. The number of anilines is 2. The molecule has 0 unspecified atom stereocenters. The van der Waals surface area contributed by atoms with Gasteiger partial charge in [-0.1, -0.05) is 30.3 Å². The van der Waals surface area contributed by atoms with Crippen molar-refractivity contribution in [3.63, 3.8) is 0 Å². The zero-order chi connectivity index (χ0) is 23.5. The van der Waals surface area contributed by atoms with Gasteiger partial charge in [0.05, 0.1) is 12.8 Å². The Hall–Kier alpha value is -2.86. The van der Waals surface area contributed by atoms with E-state index in [2.05, 4.69) is 66.0 Å². The summed E-state index contributed by atoms with van der Waals surface area (Å²) < 4.78 is 5.55. The molecule has 0 aliphatic heterocycles. The Morgan fingerprint density at radius 1 is 0.912 bits per heavy atom. The van der Waals surface area contributed by atoms with Crippen LogP contribution in [0.5, 0.6) is 5.75 Å². The molecule has 0 amide bonds. The number of nitrogens with one attached hydrogen (secondary N) is 2. The molecular formula is C28H37N5O. The number of hydrogen-bond donors (Lipinski definition) is 2. The van der Waals surface area contributed by atoms with Crippen molar-refractivity contribution in [1.82, 2.24) is 15.3 Å². The number of hydrogen-bond acceptors (Lipinski definition) is 6. The number of aromatic nitrogens is 2. The highest BCUT2D eigenvalue weighted by Gasteiger charge is 2.24. The van der Waals surface area contributed by atoms with Crippen LogP contribution in [0.1, 0.15) is 55.3 Å². The van der Waals surface area contributed by atoms with Gasteiger partial charge in [-0.05, 0) is 68.4 Å². The molecule has 6 nitrogen and oxygen atoms in total. The third kappa shape index (κ3) is 4.83. The minimum Gasteiger partial charge on any atom is -0.496 e. The van der Waals surface area contributed by atoms with Crippen molar-refractivity contribution in [2.24, 2.45) is 0 Å². The predicted octanol–water partition coefficient (Wildman–Crippen LogP) is 5.10. The molecule has 0 bridgehead atoms. The van der Waals surface area contributed by atoms with Crippen LogP contribution in [0.15, 0.2) is 36.4 Å². The predicted molar refractivity (Wildman–Crippen MR) is 140 cm³/mol. The molecular weight excluding hydrogens is 422 g/mol. The van der Waals surface area contributed by atoms with Gasteiger partial charge in [0.1, 0.15) is 11.6 Å². The molecule has 2 N–H and O–H groups in total. The standard InChI is InChI=1S/C28H37N5O/c1-33(2)27-24-10-6-7-11-25(24)31-28(32-27)30-21-15-13-20(14-16-21)29-18-19-12-17-26(34-3)23-9-5-4-8-22(19)23/h4-5,8-9,12,17,20-21,29H,6-7,10-11,13-16,18H2,1-3H3,(H,30,31,32)/t20-,21+. The fraction of sp³-hybridized carbons (Fsp3) is 0.500. The maximum absolute atomic E-state index is 5.55. The normalized spacial score (nSPS) is 20.1. The second-order valence-corrected chi connectivity index (χ2v) is 9.94. The van der Waals surface area contributed by atoms with Crippen molar-refractivity contribution in [2.75, 3.05) is 31.4 Å². The SMILES string of the molecule is COc1ccc(CN[C@H]2CC[C@@H](Nc3nc4c(c(N(C)C)n3)CCCC4)CC2)c2ccccc12. The number of nitrogens with zero attached hydrogens (tertiary/aromatic N) is 3. The minimum atomic E-state index is 0.441. The molecule has 5 rings (SSSR count). The highest BCUT2D eigenvalue weighted by atomic mass is 16.5. The lowest BCUT2D eigenvalue weighted by Gasteiger charge is -2.31. The third-order valence-electron chi connectivity index (χ3n) is 7.42. The number of methoxy groups -OCH3 is 1. The molecule has 1 saturated carbocycles. The topological polar surface area (TPSA) is 62.3 Å². The molecule has 3 aromatic rings. The lowest BCUT2D eigenvalue weighted by molar-refractivity contribution is 0.352. The van der Waals surface area contributed by atoms with Gasteiger partial charge in [0.15, 0.2) is 0 Å². The highest BCUT2D eigenvalue weighted by Crippen LogP contribution is 2.31. The lowest BCUT2D eigenvalue weighted by Crippen LogP contribution is -2.37. The molecule has 2 aromatic carbocycles. The van der Waals surface area contributed by atoms with Gasteiger partial charge in [0, 0.05) is 43.7 Å². The first kappa shape index (κ1) is 22.9. The number of fused-ring (bicyclic) bond motifs is 2. The first-order valence-electron chi connectivity index (χ1n) is 12.7. The average Bonchev–Trinajstić information content (AvgIpc) is 2.87. The molecule has 0 spiro atoms. The van der Waals surface area contributed by atoms with E-state index in [1.54, 1.807) is 7.11 Å². The Morgan fingerprint density at radius 2 is 1.65 bits per heavy atom. The smallest absolute Gasteiger partial charge is 0.225 e. The van der Waals surface area contributed by atoms with Gasteiger partial charge < -0.3 is 20.3 Å². The summed E-state index contributed by atoms with van der Waals surface area (Å²) in [5.41, 5.74) is 3.92. The minimum absolute atomic E-state index is 0.441. The van der Waals surface area contributed by atoms with E-state index in [1.165, 1.54) is 40.4 Å². The van der Waals surface area contributed by atoms with Crippen LogP contribution in [0.2, 0.25) is 0 Å². The molecule has 34 heavy (non-hydrogen) atoms. The molecule has 1 aromatic heterocycles. The molecule has 180 valence electrons. The molecule has 0 radical (unpaired) electrons. The van der Waals surface area contributed by atoms with Crippen molar-refractivity contribution in [1.29, 1.82) is 0 Å². The van der Waals surface area contributed by atoms with Gasteiger partial charge in [-0.3, -0.25) is 0 Å². The van der Waals surface area contributed by atoms with Crippen molar-refractivity contribution >= 4 is 22.5 Å². The first-order valence-corrected chi connectivity index (χ1v) is 12.7. The van der Waals surface area contributed by atoms with E-state index < -0.39 is 0 Å². The quantitative estimate of drug-likeness (QED) is 0.513. The number of benzene rings is 2. The van der Waals surface area contributed by atoms with Crippen LogP contribution in [-0.2, 0) is 19.4 Å². The van der Waals surface area contributed by atoms with E-state index in [9.17, 15) is 0 Å². The van der Waals surface area contributed by atoms with Gasteiger partial charge in [0.25, 0.3) is 0 Å². The summed E-state index contributed by atoms with van der Waals surface area (Å²) in [7, 11) is 5.91. The van der Waals surface area contributed by atoms with Gasteiger partial charge in [-0.2, -0.15) is 4.98 Å². The highest BCUT2D eigenvalue weighted by molar-refractivity contribution is 5.91. The van der Waals surface area contributed by atoms with Crippen molar-refractivity contribution in [3.8, 4) is 5.75 Å². The molecule has 0 atom stereocenters. The maximum Gasteiger partial charge on any atom is 0.225 e. The van der Waals surface area contributed by atoms with Crippen LogP contribution in [-0.4, -0.2) is 43.3 Å². The van der Waals surface area contributed by atoms with Gasteiger partial charge in [-0.15, -0.1) is 0 Å². The Balaban J connectivity index is 1.19. The zero-order valence-corrected chi connectivity index (χ0v) is 20.7. The van der Waals surface area contributed by atoms with Crippen LogP contribution in [0, 0.1) is 0 Å². The van der Waals surface area contributed by atoms with Crippen molar-refractivity contribution in [2.45, 2.75) is 70.0 Å². The van der Waals surface area contributed by atoms with Crippen LogP contribution in [0.25, 0.3) is 10.8 Å². The lowest BCUT2D eigenvalue weighted by atomic mass is 9.91. The first-order chi connectivity index (χ1) is 16.6. The summed E-state index contributed by atoms with van der Waals surface area (Å²) in [6.07, 6.45) is 9.25. The third-order valence-corrected chi connectivity index (χ3v) is 7.42. The average molecular weight is 460 g/mol. The summed E-state index contributed by atoms with van der Waals surface area (Å²) >= 11 is 0. The Bertz CT molecular complexity index is 1140. The fourth-order valence-corrected chi connectivity index (χ4v) is 5.55. The van der Waals surface area contributed by atoms with Gasteiger partial charge in [0.2, 0.25) is 5.95 Å². The molecule has 6 heteroatoms. The van der Waals surface area contributed by atoms with E-state index >= 15 is 0 Å². The monoisotopic (exact) mass is 459 g/mol. The van der Waals surface area contributed by atoms with Crippen LogP contribution >= 0.6 is 0 Å². The number of rotatable bonds is 7. The number of ether oxygens (including phenoxy) is 1. The summed E-state index contributed by atoms with van der Waals surface area (Å²) in [4.78, 5) is 11.9. The summed E-state index contributed by atoms with van der Waals surface area (Å²) in [5, 5.41) is 9.93. The van der Waals surface area contributed by atoms with Crippen LogP contribution in [0.3, 0.4) is 0 Å². The second kappa shape index (κ2) is 10.2. The second-order valence-electron chi connectivity index (χ2n) is 9.94. The molecule has 1 heterocycles.